The number of halogens is 1. The Bertz CT molecular complexity index is 1250. The Balaban J connectivity index is 1.71. The van der Waals surface area contributed by atoms with Crippen LogP contribution in [0.5, 0.6) is 17.2 Å². The van der Waals surface area contributed by atoms with Gasteiger partial charge in [0.1, 0.15) is 23.9 Å². The Morgan fingerprint density at radius 2 is 1.69 bits per heavy atom. The lowest BCUT2D eigenvalue weighted by Crippen LogP contribution is -2.48. The molecule has 1 atom stereocenters. The third-order valence-corrected chi connectivity index (χ3v) is 5.65. The molecule has 3 aromatic carbocycles. The Hall–Kier alpha value is -3.97. The maximum atomic E-state index is 13.1. The number of hydrogen-bond acceptors (Lipinski definition) is 5. The second kappa shape index (κ2) is 11.0. The first-order valence-corrected chi connectivity index (χ1v) is 11.5. The molecule has 1 aliphatic rings. The molecule has 0 unspecified atom stereocenters. The second-order valence-electron chi connectivity index (χ2n) is 7.76. The zero-order chi connectivity index (χ0) is 24.8. The number of benzene rings is 3. The van der Waals surface area contributed by atoms with E-state index < -0.39 is 12.0 Å². The molecule has 1 N–H and O–H groups in total. The minimum absolute atomic E-state index is 0.0326. The highest BCUT2D eigenvalue weighted by molar-refractivity contribution is 6.30. The van der Waals surface area contributed by atoms with E-state index in [2.05, 4.69) is 5.32 Å². The van der Waals surface area contributed by atoms with Crippen LogP contribution in [0.4, 0.5) is 4.79 Å². The number of nitrogens with zero attached hydrogens (tertiary/aromatic N) is 1. The maximum absolute atomic E-state index is 13.1. The summed E-state index contributed by atoms with van der Waals surface area (Å²) in [4.78, 5) is 27.4. The van der Waals surface area contributed by atoms with Gasteiger partial charge in [0.05, 0.1) is 23.9 Å². The number of amides is 2. The molecule has 0 aromatic heterocycles. The maximum Gasteiger partial charge on any atom is 0.338 e. The van der Waals surface area contributed by atoms with Gasteiger partial charge < -0.3 is 19.5 Å². The topological polar surface area (TPSA) is 77.1 Å². The summed E-state index contributed by atoms with van der Waals surface area (Å²) in [6.45, 7) is 1.89. The average Bonchev–Trinajstić information content (AvgIpc) is 2.85. The van der Waals surface area contributed by atoms with Crippen molar-refractivity contribution >= 4 is 23.6 Å². The summed E-state index contributed by atoms with van der Waals surface area (Å²) in [5, 5.41) is 3.41. The van der Waals surface area contributed by atoms with Gasteiger partial charge in [-0.15, -0.1) is 0 Å². The van der Waals surface area contributed by atoms with Crippen molar-refractivity contribution in [3.63, 3.8) is 0 Å². The molecule has 3 aromatic rings. The number of rotatable bonds is 8. The standard InChI is InChI=1S/C27H25ClN2O5/c1-3-33-26(31)24-23(17-34-21-13-8-10-19(28)16-21)30(2)27(32)29-25(24)18-9-7-14-22(15-18)35-20-11-5-4-6-12-20/h4-16,25H,3,17H2,1-2H3,(H,29,32)/t25-/m0/s1. The molecule has 8 heteroatoms. The molecule has 180 valence electrons. The number of hydrogen-bond donors (Lipinski definition) is 1. The number of ether oxygens (including phenoxy) is 3. The van der Waals surface area contributed by atoms with E-state index in [1.54, 1.807) is 44.3 Å². The number of nitrogens with one attached hydrogen (secondary N) is 1. The molecule has 2 amide bonds. The normalized spacial score (nSPS) is 15.5. The van der Waals surface area contributed by atoms with E-state index in [1.165, 1.54) is 4.90 Å². The fourth-order valence-electron chi connectivity index (χ4n) is 3.72. The van der Waals surface area contributed by atoms with Crippen LogP contribution in [0.25, 0.3) is 0 Å². The van der Waals surface area contributed by atoms with Gasteiger partial charge in [-0.25, -0.2) is 9.59 Å². The molecule has 4 rings (SSSR count). The van der Waals surface area contributed by atoms with Crippen LogP contribution >= 0.6 is 11.6 Å². The molecule has 0 saturated heterocycles. The van der Waals surface area contributed by atoms with Crippen molar-refractivity contribution in [1.82, 2.24) is 10.2 Å². The van der Waals surface area contributed by atoms with Gasteiger partial charge in [-0.1, -0.05) is 48.0 Å². The van der Waals surface area contributed by atoms with Gasteiger partial charge in [0.25, 0.3) is 0 Å². The monoisotopic (exact) mass is 492 g/mol. The van der Waals surface area contributed by atoms with Crippen molar-refractivity contribution < 1.29 is 23.8 Å². The van der Waals surface area contributed by atoms with Crippen molar-refractivity contribution in [1.29, 1.82) is 0 Å². The molecule has 1 aliphatic heterocycles. The van der Waals surface area contributed by atoms with Crippen LogP contribution in [0.15, 0.2) is 90.1 Å². The lowest BCUT2D eigenvalue weighted by Gasteiger charge is -2.34. The fraction of sp³-hybridized carbons (Fsp3) is 0.185. The molecule has 0 aliphatic carbocycles. The van der Waals surface area contributed by atoms with Crippen molar-refractivity contribution in [3.8, 4) is 17.2 Å². The summed E-state index contributed by atoms with van der Waals surface area (Å²) in [7, 11) is 1.58. The second-order valence-corrected chi connectivity index (χ2v) is 8.19. The summed E-state index contributed by atoms with van der Waals surface area (Å²) in [6.07, 6.45) is 0. The van der Waals surface area contributed by atoms with Crippen LogP contribution < -0.4 is 14.8 Å². The summed E-state index contributed by atoms with van der Waals surface area (Å²) in [6, 6.07) is 22.4. The minimum atomic E-state index is -0.755. The number of carbonyl (C=O) groups excluding carboxylic acids is 2. The van der Waals surface area contributed by atoms with E-state index in [4.69, 9.17) is 25.8 Å². The first-order valence-electron chi connectivity index (χ1n) is 11.1. The van der Waals surface area contributed by atoms with Crippen LogP contribution in [0.2, 0.25) is 5.02 Å². The molecule has 0 saturated carbocycles. The Labute approximate surface area is 208 Å². The first kappa shape index (κ1) is 24.2. The molecule has 7 nitrogen and oxygen atoms in total. The Kier molecular flexibility index (Phi) is 7.57. The lowest BCUT2D eigenvalue weighted by atomic mass is 9.94. The average molecular weight is 493 g/mol. The summed E-state index contributed by atoms with van der Waals surface area (Å²) < 4.78 is 17.2. The molecule has 1 heterocycles. The molecular weight excluding hydrogens is 468 g/mol. The smallest absolute Gasteiger partial charge is 0.338 e. The van der Waals surface area contributed by atoms with Gasteiger partial charge in [-0.2, -0.15) is 0 Å². The number of para-hydroxylation sites is 1. The SMILES string of the molecule is CCOC(=O)C1=C(COc2cccc(Cl)c2)N(C)C(=O)N[C@H]1c1cccc(Oc2ccccc2)c1. The molecule has 0 bridgehead atoms. The van der Waals surface area contributed by atoms with Gasteiger partial charge >= 0.3 is 12.0 Å². The Morgan fingerprint density at radius 1 is 0.971 bits per heavy atom. The van der Waals surface area contributed by atoms with E-state index in [-0.39, 0.29) is 24.8 Å². The van der Waals surface area contributed by atoms with Crippen LogP contribution in [0.1, 0.15) is 18.5 Å². The van der Waals surface area contributed by atoms with E-state index in [0.717, 1.165) is 0 Å². The zero-order valence-electron chi connectivity index (χ0n) is 19.4. The highest BCUT2D eigenvalue weighted by atomic mass is 35.5. The van der Waals surface area contributed by atoms with Crippen molar-refractivity contribution in [3.05, 3.63) is 101 Å². The quantitative estimate of drug-likeness (QED) is 0.407. The predicted molar refractivity (Wildman–Crippen MR) is 133 cm³/mol. The number of esters is 1. The molecule has 0 spiro atoms. The molecule has 0 radical (unpaired) electrons. The van der Waals surface area contributed by atoms with Gasteiger partial charge in [0.2, 0.25) is 0 Å². The van der Waals surface area contributed by atoms with Gasteiger partial charge in [-0.3, -0.25) is 4.90 Å². The van der Waals surface area contributed by atoms with Crippen LogP contribution in [-0.4, -0.2) is 37.2 Å². The van der Waals surface area contributed by atoms with Crippen LogP contribution in [0.3, 0.4) is 0 Å². The van der Waals surface area contributed by atoms with Gasteiger partial charge in [-0.05, 0) is 55.0 Å². The minimum Gasteiger partial charge on any atom is -0.487 e. The van der Waals surface area contributed by atoms with Crippen molar-refractivity contribution in [2.45, 2.75) is 13.0 Å². The Morgan fingerprint density at radius 3 is 2.43 bits per heavy atom. The molecular formula is C27H25ClN2O5. The zero-order valence-corrected chi connectivity index (χ0v) is 20.1. The first-order chi connectivity index (χ1) is 17.0. The fourth-order valence-corrected chi connectivity index (χ4v) is 3.90. The summed E-state index contributed by atoms with van der Waals surface area (Å²) in [5.74, 6) is 1.22. The highest BCUT2D eigenvalue weighted by Gasteiger charge is 2.37. The molecule has 35 heavy (non-hydrogen) atoms. The number of carbonyl (C=O) groups is 2. The lowest BCUT2D eigenvalue weighted by molar-refractivity contribution is -0.139. The van der Waals surface area contributed by atoms with Crippen molar-refractivity contribution in [2.75, 3.05) is 20.3 Å². The third-order valence-electron chi connectivity index (χ3n) is 5.41. The van der Waals surface area contributed by atoms with E-state index in [9.17, 15) is 9.59 Å². The molecule has 0 fully saturated rings. The van der Waals surface area contributed by atoms with Gasteiger partial charge in [0, 0.05) is 12.1 Å². The number of urea groups is 1. The van der Waals surface area contributed by atoms with E-state index >= 15 is 0 Å². The predicted octanol–water partition coefficient (Wildman–Crippen LogP) is 5.72. The number of likely N-dealkylation sites (N-methyl/N-ethyl adjacent to an activating group) is 1. The van der Waals surface area contributed by atoms with E-state index in [1.807, 2.05) is 48.5 Å². The summed E-state index contributed by atoms with van der Waals surface area (Å²) in [5.41, 5.74) is 1.35. The van der Waals surface area contributed by atoms with Crippen molar-refractivity contribution in [2.24, 2.45) is 0 Å². The third kappa shape index (κ3) is 5.75. The highest BCUT2D eigenvalue weighted by Crippen LogP contribution is 2.34. The van der Waals surface area contributed by atoms with Crippen LogP contribution in [0, 0.1) is 0 Å². The van der Waals surface area contributed by atoms with E-state index in [0.29, 0.717) is 33.5 Å². The largest absolute Gasteiger partial charge is 0.487 e. The van der Waals surface area contributed by atoms with Gasteiger partial charge in [0.15, 0.2) is 0 Å². The summed E-state index contributed by atoms with van der Waals surface area (Å²) >= 11 is 6.06. The van der Waals surface area contributed by atoms with Crippen LogP contribution in [-0.2, 0) is 9.53 Å².